The second kappa shape index (κ2) is 8.74. The van der Waals surface area contributed by atoms with E-state index in [1.165, 1.54) is 6.92 Å². The van der Waals surface area contributed by atoms with Gasteiger partial charge in [-0.2, -0.15) is 5.26 Å². The van der Waals surface area contributed by atoms with E-state index in [1.807, 2.05) is 54.0 Å². The summed E-state index contributed by atoms with van der Waals surface area (Å²) in [6.45, 7) is 3.41. The third-order valence-electron chi connectivity index (χ3n) is 5.01. The molecule has 7 heteroatoms. The Morgan fingerprint density at radius 1 is 1.06 bits per heavy atom. The third kappa shape index (κ3) is 4.20. The maximum Gasteiger partial charge on any atom is 0.338 e. The smallest absolute Gasteiger partial charge is 0.338 e. The Hall–Kier alpha value is -4.44. The molecule has 0 fully saturated rings. The summed E-state index contributed by atoms with van der Waals surface area (Å²) < 4.78 is 7.36. The van der Waals surface area contributed by atoms with Crippen LogP contribution in [0.15, 0.2) is 72.8 Å². The van der Waals surface area contributed by atoms with Crippen LogP contribution in [-0.4, -0.2) is 27.5 Å². The lowest BCUT2D eigenvalue weighted by atomic mass is 10.2. The number of aryl methyl sites for hydroxylation is 1. The number of nitriles is 1. The van der Waals surface area contributed by atoms with Gasteiger partial charge in [-0.3, -0.25) is 9.36 Å². The molecule has 1 atom stereocenters. The van der Waals surface area contributed by atoms with Crippen molar-refractivity contribution in [3.63, 3.8) is 0 Å². The van der Waals surface area contributed by atoms with Gasteiger partial charge in [0.25, 0.3) is 5.91 Å². The van der Waals surface area contributed by atoms with E-state index in [1.54, 1.807) is 36.4 Å². The molecule has 7 nitrogen and oxygen atoms in total. The van der Waals surface area contributed by atoms with Gasteiger partial charge in [0.15, 0.2) is 6.10 Å². The summed E-state index contributed by atoms with van der Waals surface area (Å²) >= 11 is 0. The number of nitrogens with zero attached hydrogens (tertiary/aromatic N) is 3. The van der Waals surface area contributed by atoms with Gasteiger partial charge in [0.2, 0.25) is 0 Å². The molecule has 0 aliphatic rings. The topological polar surface area (TPSA) is 97.0 Å². The van der Waals surface area contributed by atoms with Crippen LogP contribution in [0, 0.1) is 18.3 Å². The van der Waals surface area contributed by atoms with Crippen molar-refractivity contribution < 1.29 is 14.3 Å². The highest BCUT2D eigenvalue weighted by Crippen LogP contribution is 2.23. The first kappa shape index (κ1) is 20.8. The summed E-state index contributed by atoms with van der Waals surface area (Å²) in [6, 6.07) is 23.4. The van der Waals surface area contributed by atoms with Gasteiger partial charge in [0.05, 0.1) is 28.2 Å². The Bertz CT molecular complexity index is 1340. The predicted molar refractivity (Wildman–Crippen MR) is 120 cm³/mol. The van der Waals surface area contributed by atoms with Crippen LogP contribution in [0.25, 0.3) is 16.7 Å². The molecule has 1 N–H and O–H groups in total. The first-order valence-electron chi connectivity index (χ1n) is 10.0. The van der Waals surface area contributed by atoms with Crippen LogP contribution in [0.3, 0.4) is 0 Å². The number of esters is 1. The van der Waals surface area contributed by atoms with Gasteiger partial charge < -0.3 is 10.1 Å². The van der Waals surface area contributed by atoms with Crippen molar-refractivity contribution in [1.82, 2.24) is 9.55 Å². The van der Waals surface area contributed by atoms with E-state index in [0.717, 1.165) is 17.0 Å². The molecular formula is C25H20N4O3. The van der Waals surface area contributed by atoms with Crippen LogP contribution in [-0.2, 0) is 9.53 Å². The minimum Gasteiger partial charge on any atom is -0.449 e. The van der Waals surface area contributed by atoms with Gasteiger partial charge in [0, 0.05) is 11.4 Å². The second-order valence-electron chi connectivity index (χ2n) is 7.26. The Balaban J connectivity index is 1.48. The molecule has 0 bridgehead atoms. The molecule has 0 aliphatic carbocycles. The molecule has 0 spiro atoms. The fourth-order valence-corrected chi connectivity index (χ4v) is 3.38. The Labute approximate surface area is 184 Å². The molecular weight excluding hydrogens is 404 g/mol. The highest BCUT2D eigenvalue weighted by atomic mass is 16.5. The van der Waals surface area contributed by atoms with Crippen LogP contribution < -0.4 is 5.32 Å². The van der Waals surface area contributed by atoms with Crippen LogP contribution in [0.5, 0.6) is 0 Å². The number of rotatable bonds is 5. The number of para-hydroxylation sites is 1. The summed E-state index contributed by atoms with van der Waals surface area (Å²) in [7, 11) is 0. The van der Waals surface area contributed by atoms with E-state index in [-0.39, 0.29) is 0 Å². The van der Waals surface area contributed by atoms with Gasteiger partial charge in [0.1, 0.15) is 5.82 Å². The van der Waals surface area contributed by atoms with Gasteiger partial charge in [-0.1, -0.05) is 18.2 Å². The fourth-order valence-electron chi connectivity index (χ4n) is 3.38. The van der Waals surface area contributed by atoms with E-state index in [2.05, 4.69) is 10.3 Å². The van der Waals surface area contributed by atoms with Gasteiger partial charge in [-0.05, 0) is 68.4 Å². The predicted octanol–water partition coefficient (Wildman–Crippen LogP) is 4.39. The standard InChI is InChI=1S/C25H20N4O3/c1-16(24(30)28-20-11-8-18(15-26)9-12-20)32-25(31)19-10-13-23-22(14-19)27-17(2)29(23)21-6-4-3-5-7-21/h3-14,16H,1-2H3,(H,28,30)/t16-/m0/s1. The zero-order chi connectivity index (χ0) is 22.7. The fraction of sp³-hybridized carbons (Fsp3) is 0.120. The second-order valence-corrected chi connectivity index (χ2v) is 7.26. The van der Waals surface area contributed by atoms with Crippen LogP contribution in [0.2, 0.25) is 0 Å². The number of nitrogens with one attached hydrogen (secondary N) is 1. The summed E-state index contributed by atoms with van der Waals surface area (Å²) in [6.07, 6.45) is -1.00. The Morgan fingerprint density at radius 3 is 2.47 bits per heavy atom. The van der Waals surface area contributed by atoms with E-state index < -0.39 is 18.0 Å². The van der Waals surface area contributed by atoms with Crippen molar-refractivity contribution in [3.05, 3.63) is 89.7 Å². The number of aromatic nitrogens is 2. The minimum absolute atomic E-state index is 0.313. The quantitative estimate of drug-likeness (QED) is 0.479. The molecule has 3 aromatic carbocycles. The van der Waals surface area contributed by atoms with E-state index in [4.69, 9.17) is 10.00 Å². The highest BCUT2D eigenvalue weighted by Gasteiger charge is 2.20. The van der Waals surface area contributed by atoms with Crippen LogP contribution >= 0.6 is 0 Å². The first-order valence-corrected chi connectivity index (χ1v) is 10.0. The lowest BCUT2D eigenvalue weighted by Gasteiger charge is -2.13. The van der Waals surface area contributed by atoms with Crippen LogP contribution in [0.1, 0.15) is 28.7 Å². The van der Waals surface area contributed by atoms with Crippen molar-refractivity contribution in [3.8, 4) is 11.8 Å². The summed E-state index contributed by atoms with van der Waals surface area (Å²) in [5.74, 6) is -0.276. The van der Waals surface area contributed by atoms with Crippen molar-refractivity contribution in [2.24, 2.45) is 0 Å². The molecule has 0 unspecified atom stereocenters. The van der Waals surface area contributed by atoms with Gasteiger partial charge in [-0.15, -0.1) is 0 Å². The molecule has 158 valence electrons. The summed E-state index contributed by atoms with van der Waals surface area (Å²) in [4.78, 5) is 29.6. The molecule has 0 saturated carbocycles. The molecule has 0 aliphatic heterocycles. The Kier molecular flexibility index (Phi) is 5.69. The lowest BCUT2D eigenvalue weighted by molar-refractivity contribution is -0.123. The van der Waals surface area contributed by atoms with Crippen molar-refractivity contribution in [2.75, 3.05) is 5.32 Å². The molecule has 4 rings (SSSR count). The summed E-state index contributed by atoms with van der Waals surface area (Å²) in [5, 5.41) is 11.5. The number of hydrogen-bond donors (Lipinski definition) is 1. The zero-order valence-corrected chi connectivity index (χ0v) is 17.6. The Morgan fingerprint density at radius 2 is 1.78 bits per heavy atom. The van der Waals surface area contributed by atoms with E-state index >= 15 is 0 Å². The average molecular weight is 424 g/mol. The van der Waals surface area contributed by atoms with Gasteiger partial charge in [-0.25, -0.2) is 9.78 Å². The maximum atomic E-state index is 12.6. The van der Waals surface area contributed by atoms with E-state index in [9.17, 15) is 9.59 Å². The first-order chi connectivity index (χ1) is 15.5. The number of carbonyl (C=O) groups is 2. The number of anilines is 1. The maximum absolute atomic E-state index is 12.6. The monoisotopic (exact) mass is 424 g/mol. The van der Waals surface area contributed by atoms with Crippen molar-refractivity contribution >= 4 is 28.6 Å². The molecule has 0 radical (unpaired) electrons. The van der Waals surface area contributed by atoms with E-state index in [0.29, 0.717) is 22.3 Å². The van der Waals surface area contributed by atoms with Crippen LogP contribution in [0.4, 0.5) is 5.69 Å². The average Bonchev–Trinajstić information content (AvgIpc) is 3.14. The molecule has 1 aromatic heterocycles. The number of benzene rings is 3. The number of carbonyl (C=O) groups excluding carboxylic acids is 2. The molecule has 32 heavy (non-hydrogen) atoms. The molecule has 4 aromatic rings. The highest BCUT2D eigenvalue weighted by molar-refractivity contribution is 5.98. The third-order valence-corrected chi connectivity index (χ3v) is 5.01. The normalized spacial score (nSPS) is 11.5. The molecule has 1 heterocycles. The van der Waals surface area contributed by atoms with Crippen molar-refractivity contribution in [1.29, 1.82) is 5.26 Å². The zero-order valence-electron chi connectivity index (χ0n) is 17.6. The molecule has 1 amide bonds. The SMILES string of the molecule is Cc1nc2cc(C(=O)O[C@@H](C)C(=O)Nc3ccc(C#N)cc3)ccc2n1-c1ccccc1. The number of hydrogen-bond acceptors (Lipinski definition) is 5. The molecule has 0 saturated heterocycles. The number of imidazole rings is 1. The number of amides is 1. The van der Waals surface area contributed by atoms with Gasteiger partial charge >= 0.3 is 5.97 Å². The minimum atomic E-state index is -1.00. The lowest BCUT2D eigenvalue weighted by Crippen LogP contribution is -2.30. The summed E-state index contributed by atoms with van der Waals surface area (Å²) in [5.41, 5.74) is 3.83. The van der Waals surface area contributed by atoms with Crippen molar-refractivity contribution in [2.45, 2.75) is 20.0 Å². The number of fused-ring (bicyclic) bond motifs is 1. The number of ether oxygens (including phenoxy) is 1. The largest absolute Gasteiger partial charge is 0.449 e.